The number of carbonyl (C=O) groups is 2. The summed E-state index contributed by atoms with van der Waals surface area (Å²) in [5.41, 5.74) is 0. The van der Waals surface area contributed by atoms with Gasteiger partial charge in [0.1, 0.15) is 6.54 Å². The third kappa shape index (κ3) is 6.68. The zero-order valence-electron chi connectivity index (χ0n) is 12.2. The van der Waals surface area contributed by atoms with E-state index in [0.29, 0.717) is 26.1 Å². The molecule has 0 atom stereocenters. The first-order valence-corrected chi connectivity index (χ1v) is 7.21. The zero-order chi connectivity index (χ0) is 15.9. The number of carbonyl (C=O) groups excluding carboxylic acids is 2. The van der Waals surface area contributed by atoms with Crippen LogP contribution in [0.25, 0.3) is 0 Å². The third-order valence-electron chi connectivity index (χ3n) is 3.37. The molecule has 0 aromatic rings. The van der Waals surface area contributed by atoms with Gasteiger partial charge in [-0.3, -0.25) is 4.79 Å². The Kier molecular flexibility index (Phi) is 6.77. The number of nitrogens with zero attached hydrogens (tertiary/aromatic N) is 2. The Hall–Kier alpha value is -1.47. The molecule has 0 unspecified atom stereocenters. The van der Waals surface area contributed by atoms with E-state index in [1.165, 1.54) is 4.90 Å². The molecule has 1 N–H and O–H groups in total. The number of nitrogens with one attached hydrogen (secondary N) is 1. The van der Waals surface area contributed by atoms with E-state index in [9.17, 15) is 22.8 Å². The van der Waals surface area contributed by atoms with Crippen LogP contribution in [0, 0.1) is 0 Å². The van der Waals surface area contributed by atoms with E-state index >= 15 is 0 Å². The minimum absolute atomic E-state index is 0.00762. The number of urea groups is 1. The van der Waals surface area contributed by atoms with Crippen molar-refractivity contribution in [2.75, 3.05) is 32.7 Å². The highest BCUT2D eigenvalue weighted by atomic mass is 19.4. The van der Waals surface area contributed by atoms with E-state index < -0.39 is 12.6 Å². The molecule has 21 heavy (non-hydrogen) atoms. The van der Waals surface area contributed by atoms with Gasteiger partial charge in [-0.2, -0.15) is 13.2 Å². The van der Waals surface area contributed by atoms with Gasteiger partial charge in [0.05, 0.1) is 0 Å². The molecule has 5 nitrogen and oxygen atoms in total. The molecular weight excluding hydrogens is 287 g/mol. The summed E-state index contributed by atoms with van der Waals surface area (Å²) in [6.07, 6.45) is -4.01. The molecule has 1 aliphatic heterocycles. The van der Waals surface area contributed by atoms with Crippen LogP contribution in [0.2, 0.25) is 0 Å². The van der Waals surface area contributed by atoms with E-state index in [4.69, 9.17) is 0 Å². The summed E-state index contributed by atoms with van der Waals surface area (Å²) >= 11 is 0. The molecule has 1 heterocycles. The Bertz CT molecular complexity index is 361. The van der Waals surface area contributed by atoms with Crippen molar-refractivity contribution in [2.24, 2.45) is 0 Å². The first-order chi connectivity index (χ1) is 9.83. The monoisotopic (exact) mass is 309 g/mol. The van der Waals surface area contributed by atoms with Crippen LogP contribution in [0.5, 0.6) is 0 Å². The highest BCUT2D eigenvalue weighted by Gasteiger charge is 2.26. The molecular formula is C13H22F3N3O2. The molecule has 3 amide bonds. The molecule has 0 saturated carbocycles. The van der Waals surface area contributed by atoms with Crippen molar-refractivity contribution in [1.82, 2.24) is 15.1 Å². The lowest BCUT2D eigenvalue weighted by Crippen LogP contribution is -2.44. The largest absolute Gasteiger partial charge is 0.389 e. The Morgan fingerprint density at radius 3 is 2.62 bits per heavy atom. The number of amides is 3. The van der Waals surface area contributed by atoms with Crippen molar-refractivity contribution in [3.05, 3.63) is 0 Å². The van der Waals surface area contributed by atoms with Crippen LogP contribution >= 0.6 is 0 Å². The molecule has 0 bridgehead atoms. The lowest BCUT2D eigenvalue weighted by atomic mass is 10.2. The standard InChI is InChI=1S/C13H22F3N3O2/c1-2-18-8-5-9-19(10-11(18)20)12(21)17-7-4-3-6-13(14,15)16/h2-10H2,1H3,(H,17,21). The molecule has 0 spiro atoms. The Morgan fingerprint density at radius 1 is 1.29 bits per heavy atom. The molecule has 0 radical (unpaired) electrons. The summed E-state index contributed by atoms with van der Waals surface area (Å²) in [6, 6.07) is -0.381. The lowest BCUT2D eigenvalue weighted by Gasteiger charge is -2.21. The number of likely N-dealkylation sites (N-methyl/N-ethyl adjacent to an activating group) is 1. The van der Waals surface area contributed by atoms with Crippen LogP contribution < -0.4 is 5.32 Å². The molecule has 8 heteroatoms. The summed E-state index contributed by atoms with van der Waals surface area (Å²) in [7, 11) is 0. The smallest absolute Gasteiger partial charge is 0.341 e. The maximum Gasteiger partial charge on any atom is 0.389 e. The fraction of sp³-hybridized carbons (Fsp3) is 0.846. The highest BCUT2D eigenvalue weighted by Crippen LogP contribution is 2.21. The zero-order valence-corrected chi connectivity index (χ0v) is 12.2. The fourth-order valence-corrected chi connectivity index (χ4v) is 2.18. The molecule has 122 valence electrons. The average molecular weight is 309 g/mol. The summed E-state index contributed by atoms with van der Waals surface area (Å²) in [6.45, 7) is 3.83. The summed E-state index contributed by atoms with van der Waals surface area (Å²) in [4.78, 5) is 26.8. The maximum atomic E-state index is 12.0. The van der Waals surface area contributed by atoms with Gasteiger partial charge in [0.2, 0.25) is 5.91 Å². The molecule has 0 aromatic carbocycles. The van der Waals surface area contributed by atoms with Gasteiger partial charge in [0.15, 0.2) is 0 Å². The van der Waals surface area contributed by atoms with Gasteiger partial charge < -0.3 is 15.1 Å². The van der Waals surface area contributed by atoms with E-state index in [-0.39, 0.29) is 37.9 Å². The maximum absolute atomic E-state index is 12.0. The van der Waals surface area contributed by atoms with Gasteiger partial charge in [-0.05, 0) is 26.2 Å². The fourth-order valence-electron chi connectivity index (χ4n) is 2.18. The predicted molar refractivity (Wildman–Crippen MR) is 71.7 cm³/mol. The Balaban J connectivity index is 2.27. The van der Waals surface area contributed by atoms with E-state index in [2.05, 4.69) is 5.32 Å². The lowest BCUT2D eigenvalue weighted by molar-refractivity contribution is -0.135. The first kappa shape index (κ1) is 17.6. The summed E-state index contributed by atoms with van der Waals surface area (Å²) in [5.74, 6) is -0.0952. The van der Waals surface area contributed by atoms with Crippen LogP contribution in [-0.4, -0.2) is 60.6 Å². The number of hydrogen-bond acceptors (Lipinski definition) is 2. The minimum Gasteiger partial charge on any atom is -0.341 e. The van der Waals surface area contributed by atoms with E-state index in [1.54, 1.807) is 4.90 Å². The van der Waals surface area contributed by atoms with Crippen LogP contribution in [-0.2, 0) is 4.79 Å². The van der Waals surface area contributed by atoms with Crippen LogP contribution in [0.15, 0.2) is 0 Å². The molecule has 1 fully saturated rings. The second-order valence-corrected chi connectivity index (χ2v) is 5.05. The van der Waals surface area contributed by atoms with Gasteiger partial charge in [0, 0.05) is 32.6 Å². The van der Waals surface area contributed by atoms with Gasteiger partial charge in [0.25, 0.3) is 0 Å². The van der Waals surface area contributed by atoms with Gasteiger partial charge >= 0.3 is 12.2 Å². The average Bonchev–Trinajstić information content (AvgIpc) is 2.58. The normalized spacial score (nSPS) is 16.9. The second kappa shape index (κ2) is 8.09. The minimum atomic E-state index is -4.15. The first-order valence-electron chi connectivity index (χ1n) is 7.21. The number of alkyl halides is 3. The third-order valence-corrected chi connectivity index (χ3v) is 3.37. The molecule has 0 aliphatic carbocycles. The van der Waals surface area contributed by atoms with Gasteiger partial charge in [-0.1, -0.05) is 0 Å². The second-order valence-electron chi connectivity index (χ2n) is 5.05. The van der Waals surface area contributed by atoms with Gasteiger partial charge in [-0.25, -0.2) is 4.79 Å². The van der Waals surface area contributed by atoms with E-state index in [1.807, 2.05) is 6.92 Å². The van der Waals surface area contributed by atoms with Crippen LogP contribution in [0.3, 0.4) is 0 Å². The quantitative estimate of drug-likeness (QED) is 0.790. The molecule has 1 saturated heterocycles. The highest BCUT2D eigenvalue weighted by molar-refractivity contribution is 5.84. The number of halogens is 3. The summed E-state index contributed by atoms with van der Waals surface area (Å²) < 4.78 is 35.9. The number of hydrogen-bond donors (Lipinski definition) is 1. The van der Waals surface area contributed by atoms with Crippen molar-refractivity contribution in [2.45, 2.75) is 38.8 Å². The number of unbranched alkanes of at least 4 members (excludes halogenated alkanes) is 1. The SMILES string of the molecule is CCN1CCCN(C(=O)NCCCCC(F)(F)F)CC1=O. The topological polar surface area (TPSA) is 52.6 Å². The molecule has 1 rings (SSSR count). The van der Waals surface area contributed by atoms with Crippen molar-refractivity contribution < 1.29 is 22.8 Å². The summed E-state index contributed by atoms with van der Waals surface area (Å²) in [5, 5.41) is 2.57. The Morgan fingerprint density at radius 2 is 2.00 bits per heavy atom. The van der Waals surface area contributed by atoms with Crippen LogP contribution in [0.4, 0.5) is 18.0 Å². The number of rotatable bonds is 5. The van der Waals surface area contributed by atoms with Gasteiger partial charge in [-0.15, -0.1) is 0 Å². The Labute approximate surface area is 122 Å². The van der Waals surface area contributed by atoms with Crippen molar-refractivity contribution >= 4 is 11.9 Å². The van der Waals surface area contributed by atoms with Crippen molar-refractivity contribution in [3.63, 3.8) is 0 Å². The molecule has 0 aromatic heterocycles. The van der Waals surface area contributed by atoms with Crippen molar-refractivity contribution in [3.8, 4) is 0 Å². The van der Waals surface area contributed by atoms with E-state index in [0.717, 1.165) is 0 Å². The predicted octanol–water partition coefficient (Wildman–Crippen LogP) is 1.98. The van der Waals surface area contributed by atoms with Crippen LogP contribution in [0.1, 0.15) is 32.6 Å². The van der Waals surface area contributed by atoms with Crippen molar-refractivity contribution in [1.29, 1.82) is 0 Å². The molecule has 1 aliphatic rings.